The van der Waals surface area contributed by atoms with Crippen LogP contribution < -0.4 is 0 Å². The van der Waals surface area contributed by atoms with Crippen molar-refractivity contribution >= 4 is 22.8 Å². The van der Waals surface area contributed by atoms with E-state index < -0.39 is 17.6 Å². The van der Waals surface area contributed by atoms with E-state index in [0.717, 1.165) is 11.6 Å². The number of amides is 1. The van der Waals surface area contributed by atoms with Crippen molar-refractivity contribution in [2.75, 3.05) is 13.1 Å². The lowest BCUT2D eigenvalue weighted by Gasteiger charge is -2.20. The third-order valence-corrected chi connectivity index (χ3v) is 4.69. The fraction of sp³-hybridized carbons (Fsp3) is 0.235. The fourth-order valence-corrected chi connectivity index (χ4v) is 3.41. The van der Waals surface area contributed by atoms with Gasteiger partial charge in [0.1, 0.15) is 0 Å². The van der Waals surface area contributed by atoms with E-state index in [1.165, 1.54) is 34.9 Å². The number of halogens is 3. The van der Waals surface area contributed by atoms with Gasteiger partial charge in [-0.25, -0.2) is 0 Å². The monoisotopic (exact) mass is 365 g/mol. The number of thioether (sulfide) groups is 1. The molecule has 1 amide bonds. The van der Waals surface area contributed by atoms with Crippen molar-refractivity contribution in [1.29, 1.82) is 0 Å². The lowest BCUT2D eigenvalue weighted by Crippen LogP contribution is -2.34. The molecule has 2 aromatic rings. The van der Waals surface area contributed by atoms with Crippen LogP contribution in [-0.4, -0.2) is 34.0 Å². The molecule has 25 heavy (non-hydrogen) atoms. The Morgan fingerprint density at radius 2 is 2.00 bits per heavy atom. The lowest BCUT2D eigenvalue weighted by atomic mass is 10.1. The normalized spacial score (nSPS) is 14.5. The molecule has 2 heterocycles. The largest absolute Gasteiger partial charge is 0.417 e. The Labute approximate surface area is 146 Å². The smallest absolute Gasteiger partial charge is 0.286 e. The zero-order chi connectivity index (χ0) is 17.9. The second-order valence-corrected chi connectivity index (χ2v) is 6.26. The molecule has 130 valence electrons. The Bertz CT molecular complexity index is 793. The predicted molar refractivity (Wildman–Crippen MR) is 90.3 cm³/mol. The van der Waals surface area contributed by atoms with E-state index in [2.05, 4.69) is 9.98 Å². The van der Waals surface area contributed by atoms with Gasteiger partial charge in [0.2, 0.25) is 0 Å². The maximum Gasteiger partial charge on any atom is 0.417 e. The summed E-state index contributed by atoms with van der Waals surface area (Å²) in [5, 5.41) is 0.436. The highest BCUT2D eigenvalue weighted by Gasteiger charge is 2.37. The van der Waals surface area contributed by atoms with Crippen LogP contribution in [0.15, 0.2) is 53.8 Å². The highest BCUT2D eigenvalue weighted by molar-refractivity contribution is 8.13. The number of amidine groups is 1. The summed E-state index contributed by atoms with van der Waals surface area (Å²) in [5.41, 5.74) is -0.333. The summed E-state index contributed by atoms with van der Waals surface area (Å²) in [5.74, 6) is -0.139. The molecule has 1 aliphatic rings. The Morgan fingerprint density at radius 1 is 1.20 bits per heavy atom. The summed E-state index contributed by atoms with van der Waals surface area (Å²) >= 11 is 1.32. The summed E-state index contributed by atoms with van der Waals surface area (Å²) in [6.45, 7) is 0.662. The highest BCUT2D eigenvalue weighted by atomic mass is 32.2. The van der Waals surface area contributed by atoms with Gasteiger partial charge < -0.3 is 0 Å². The van der Waals surface area contributed by atoms with Crippen molar-refractivity contribution < 1.29 is 18.0 Å². The summed E-state index contributed by atoms with van der Waals surface area (Å²) in [6.07, 6.45) is -1.22. The number of aliphatic imine (C=N–C) groups is 1. The molecule has 0 radical (unpaired) electrons. The maximum atomic E-state index is 13.1. The number of nitrogens with zero attached hydrogens (tertiary/aromatic N) is 3. The Balaban J connectivity index is 1.77. The number of carbonyl (C=O) groups is 1. The van der Waals surface area contributed by atoms with Gasteiger partial charge >= 0.3 is 6.18 Å². The van der Waals surface area contributed by atoms with Crippen molar-refractivity contribution in [3.05, 3.63) is 65.5 Å². The first kappa shape index (κ1) is 17.5. The molecule has 3 rings (SSSR count). The number of pyridine rings is 1. The molecule has 0 saturated heterocycles. The number of aromatic nitrogens is 1. The van der Waals surface area contributed by atoms with Gasteiger partial charge in [-0.15, -0.1) is 0 Å². The molecule has 0 spiro atoms. The molecule has 0 N–H and O–H groups in total. The molecule has 4 nitrogen and oxygen atoms in total. The topological polar surface area (TPSA) is 45.6 Å². The average Bonchev–Trinajstić information content (AvgIpc) is 3.08. The molecule has 0 fully saturated rings. The SMILES string of the molecule is O=C(c1ccccc1C(F)(F)F)N1CCN=C1SCc1cccnc1. The van der Waals surface area contributed by atoms with E-state index in [0.29, 0.717) is 17.5 Å². The first-order chi connectivity index (χ1) is 12.0. The van der Waals surface area contributed by atoms with Crippen molar-refractivity contribution in [3.8, 4) is 0 Å². The van der Waals surface area contributed by atoms with E-state index >= 15 is 0 Å². The van der Waals surface area contributed by atoms with Gasteiger partial charge in [-0.3, -0.25) is 19.7 Å². The van der Waals surface area contributed by atoms with Gasteiger partial charge in [0.25, 0.3) is 5.91 Å². The van der Waals surface area contributed by atoms with Gasteiger partial charge in [0, 0.05) is 24.7 Å². The first-order valence-electron chi connectivity index (χ1n) is 7.51. The minimum atomic E-state index is -4.58. The summed E-state index contributed by atoms with van der Waals surface area (Å²) < 4.78 is 39.4. The van der Waals surface area contributed by atoms with Crippen molar-refractivity contribution in [1.82, 2.24) is 9.88 Å². The van der Waals surface area contributed by atoms with Crippen LogP contribution in [0.3, 0.4) is 0 Å². The zero-order valence-electron chi connectivity index (χ0n) is 13.0. The molecule has 0 atom stereocenters. The van der Waals surface area contributed by atoms with Crippen LogP contribution in [0.4, 0.5) is 13.2 Å². The van der Waals surface area contributed by atoms with Crippen LogP contribution in [0.1, 0.15) is 21.5 Å². The average molecular weight is 365 g/mol. The minimum Gasteiger partial charge on any atom is -0.286 e. The number of carbonyl (C=O) groups excluding carboxylic acids is 1. The van der Waals surface area contributed by atoms with Crippen LogP contribution in [0.5, 0.6) is 0 Å². The number of benzene rings is 1. The van der Waals surface area contributed by atoms with Gasteiger partial charge in [-0.05, 0) is 23.8 Å². The Morgan fingerprint density at radius 3 is 2.72 bits per heavy atom. The molecule has 1 aliphatic heterocycles. The fourth-order valence-electron chi connectivity index (χ4n) is 2.43. The second-order valence-electron chi connectivity index (χ2n) is 5.31. The molecule has 0 aliphatic carbocycles. The standard InChI is InChI=1S/C17H14F3N3OS/c18-17(19,20)14-6-2-1-5-13(14)15(24)23-9-8-22-16(23)25-11-12-4-3-7-21-10-12/h1-7,10H,8-9,11H2. The number of hydrogen-bond donors (Lipinski definition) is 0. The van der Waals surface area contributed by atoms with E-state index in [-0.39, 0.29) is 12.1 Å². The van der Waals surface area contributed by atoms with Crippen LogP contribution in [0.25, 0.3) is 0 Å². The number of alkyl halides is 3. The van der Waals surface area contributed by atoms with E-state index in [9.17, 15) is 18.0 Å². The quantitative estimate of drug-likeness (QED) is 0.830. The van der Waals surface area contributed by atoms with Crippen molar-refractivity contribution in [2.24, 2.45) is 4.99 Å². The second kappa shape index (κ2) is 7.26. The molecule has 1 aromatic carbocycles. The Kier molecular flexibility index (Phi) is 5.08. The molecular weight excluding hydrogens is 351 g/mol. The lowest BCUT2D eigenvalue weighted by molar-refractivity contribution is -0.138. The predicted octanol–water partition coefficient (Wildman–Crippen LogP) is 3.85. The van der Waals surface area contributed by atoms with E-state index in [4.69, 9.17) is 0 Å². The zero-order valence-corrected chi connectivity index (χ0v) is 13.8. The number of rotatable bonds is 3. The van der Waals surface area contributed by atoms with Crippen LogP contribution in [0, 0.1) is 0 Å². The molecule has 8 heteroatoms. The van der Waals surface area contributed by atoms with Crippen LogP contribution in [0.2, 0.25) is 0 Å². The van der Waals surface area contributed by atoms with E-state index in [1.54, 1.807) is 18.5 Å². The van der Waals surface area contributed by atoms with Gasteiger partial charge in [-0.2, -0.15) is 13.2 Å². The molecule has 0 unspecified atom stereocenters. The van der Waals surface area contributed by atoms with Crippen molar-refractivity contribution in [3.63, 3.8) is 0 Å². The Hall–Kier alpha value is -2.35. The van der Waals surface area contributed by atoms with Gasteiger partial charge in [0.15, 0.2) is 5.17 Å². The molecule has 1 aromatic heterocycles. The molecule has 0 saturated carbocycles. The first-order valence-corrected chi connectivity index (χ1v) is 8.49. The summed E-state index contributed by atoms with van der Waals surface area (Å²) in [4.78, 5) is 22.2. The van der Waals surface area contributed by atoms with Crippen LogP contribution >= 0.6 is 11.8 Å². The number of hydrogen-bond acceptors (Lipinski definition) is 4. The summed E-state index contributed by atoms with van der Waals surface area (Å²) in [7, 11) is 0. The van der Waals surface area contributed by atoms with Crippen LogP contribution in [-0.2, 0) is 11.9 Å². The van der Waals surface area contributed by atoms with E-state index in [1.807, 2.05) is 6.07 Å². The maximum absolute atomic E-state index is 13.1. The minimum absolute atomic E-state index is 0.278. The summed E-state index contributed by atoms with van der Waals surface area (Å²) in [6, 6.07) is 8.51. The third-order valence-electron chi connectivity index (χ3n) is 3.60. The highest BCUT2D eigenvalue weighted by Crippen LogP contribution is 2.33. The molecular formula is C17H14F3N3OS. The van der Waals surface area contributed by atoms with Gasteiger partial charge in [0.05, 0.1) is 17.7 Å². The third kappa shape index (κ3) is 4.01. The van der Waals surface area contributed by atoms with Gasteiger partial charge in [-0.1, -0.05) is 30.0 Å². The molecule has 0 bridgehead atoms. The van der Waals surface area contributed by atoms with Crippen molar-refractivity contribution in [2.45, 2.75) is 11.9 Å².